The number of carbonyl (C=O) groups excluding carboxylic acids is 1. The Hall–Kier alpha value is -3.37. The van der Waals surface area contributed by atoms with Gasteiger partial charge >= 0.3 is 0 Å². The number of hydrogen-bond acceptors (Lipinski definition) is 4. The topological polar surface area (TPSA) is 45.9 Å². The molecule has 0 radical (unpaired) electrons. The van der Waals surface area contributed by atoms with Crippen LogP contribution in [0, 0.1) is 6.57 Å². The largest absolute Gasteiger partial charge is 0.496 e. The van der Waals surface area contributed by atoms with Crippen LogP contribution in [0.1, 0.15) is 40.9 Å². The van der Waals surface area contributed by atoms with Crippen LogP contribution in [0.2, 0.25) is 5.02 Å². The first-order chi connectivity index (χ1) is 18.5. The summed E-state index contributed by atoms with van der Waals surface area (Å²) in [5.74, 6) is 0.716. The van der Waals surface area contributed by atoms with Crippen LogP contribution >= 0.6 is 22.9 Å². The minimum absolute atomic E-state index is 0.0297. The van der Waals surface area contributed by atoms with Crippen molar-refractivity contribution in [2.75, 3.05) is 14.2 Å². The molecule has 1 N–H and O–H groups in total. The first-order valence-corrected chi connectivity index (χ1v) is 14.0. The quantitative estimate of drug-likeness (QED) is 0.240. The van der Waals surface area contributed by atoms with Crippen molar-refractivity contribution in [2.24, 2.45) is 0 Å². The summed E-state index contributed by atoms with van der Waals surface area (Å²) in [5.41, 5.74) is 3.59. The van der Waals surface area contributed by atoms with Gasteiger partial charge < -0.3 is 15.0 Å². The van der Waals surface area contributed by atoms with Gasteiger partial charge in [0.05, 0.1) is 18.7 Å². The third kappa shape index (κ3) is 5.28. The smallest absolute Gasteiger partial charge is 0.266 e. The van der Waals surface area contributed by atoms with Crippen LogP contribution in [0.25, 0.3) is 26.1 Å². The maximum absolute atomic E-state index is 14.2. The monoisotopic (exact) mass is 543 g/mol. The average molecular weight is 544 g/mol. The third-order valence-electron chi connectivity index (χ3n) is 7.49. The molecule has 0 aliphatic heterocycles. The summed E-state index contributed by atoms with van der Waals surface area (Å²) in [5, 5.41) is 4.84. The van der Waals surface area contributed by atoms with Gasteiger partial charge in [-0.1, -0.05) is 60.1 Å². The molecule has 5 rings (SSSR count). The number of carbonyl (C=O) groups is 1. The molecule has 5 nitrogen and oxygen atoms in total. The van der Waals surface area contributed by atoms with Gasteiger partial charge in [0.15, 0.2) is 5.69 Å². The van der Waals surface area contributed by atoms with Gasteiger partial charge in [-0.15, -0.1) is 11.3 Å². The van der Waals surface area contributed by atoms with E-state index in [0.29, 0.717) is 28.2 Å². The maximum atomic E-state index is 14.2. The molecule has 0 unspecified atom stereocenters. The number of nitrogens with zero attached hydrogens (tertiary/aromatic N) is 2. The number of thiophene rings is 1. The fourth-order valence-electron chi connectivity index (χ4n) is 5.32. The molecule has 1 aliphatic rings. The van der Waals surface area contributed by atoms with E-state index >= 15 is 0 Å². The van der Waals surface area contributed by atoms with E-state index in [1.165, 1.54) is 11.3 Å². The molecule has 7 heteroatoms. The van der Waals surface area contributed by atoms with E-state index in [1.807, 2.05) is 72.6 Å². The SMILES string of the molecule is [C-]#[N+]c1ccc(-c2ccc(OC)c(CN(C(=O)c3sc4ccccc4c3Cl)C3CCC(NC)CC3)c2)cc1. The number of nitrogens with one attached hydrogen (secondary N) is 1. The number of benzene rings is 3. The Morgan fingerprint density at radius 1 is 1.08 bits per heavy atom. The number of amides is 1. The Labute approximate surface area is 232 Å². The highest BCUT2D eigenvalue weighted by molar-refractivity contribution is 7.21. The standard InChI is InChI=1S/C31H30ClN3O2S/c1-33-23-11-8-20(9-12-23)21-10-17-27(37-3)22(18-21)19-35(25-15-13-24(34-2)14-16-25)31(36)30-29(32)26-6-4-5-7-28(26)38-30/h4-12,17-18,24-25,34H,13-16,19H2,2-3H3. The molecule has 1 amide bonds. The van der Waals surface area contributed by atoms with Gasteiger partial charge in [0.1, 0.15) is 10.6 Å². The molecule has 4 aromatic rings. The van der Waals surface area contributed by atoms with Gasteiger partial charge in [-0.3, -0.25) is 4.79 Å². The Kier molecular flexibility index (Phi) is 7.99. The van der Waals surface area contributed by atoms with Crippen molar-refractivity contribution in [3.05, 3.63) is 93.6 Å². The van der Waals surface area contributed by atoms with Gasteiger partial charge in [0, 0.05) is 34.3 Å². The summed E-state index contributed by atoms with van der Waals surface area (Å²) in [6, 6.07) is 22.1. The van der Waals surface area contributed by atoms with Gasteiger partial charge in [-0.25, -0.2) is 4.85 Å². The lowest BCUT2D eigenvalue weighted by molar-refractivity contribution is 0.0604. The van der Waals surface area contributed by atoms with Crippen LogP contribution in [0.5, 0.6) is 5.75 Å². The zero-order chi connectivity index (χ0) is 26.6. The Morgan fingerprint density at radius 3 is 2.45 bits per heavy atom. The molecule has 0 bridgehead atoms. The van der Waals surface area contributed by atoms with Crippen molar-refractivity contribution < 1.29 is 9.53 Å². The van der Waals surface area contributed by atoms with Crippen LogP contribution in [-0.4, -0.2) is 37.0 Å². The van der Waals surface area contributed by atoms with Crippen LogP contribution in [0.3, 0.4) is 0 Å². The van der Waals surface area contributed by atoms with E-state index in [-0.39, 0.29) is 11.9 Å². The fourth-order valence-corrected chi connectivity index (χ4v) is 6.79. The van der Waals surface area contributed by atoms with Crippen LogP contribution in [-0.2, 0) is 6.54 Å². The van der Waals surface area contributed by atoms with Crippen molar-refractivity contribution in [3.63, 3.8) is 0 Å². The number of hydrogen-bond donors (Lipinski definition) is 1. The number of rotatable bonds is 7. The molecule has 1 aliphatic carbocycles. The zero-order valence-electron chi connectivity index (χ0n) is 21.5. The molecule has 0 spiro atoms. The number of methoxy groups -OCH3 is 1. The van der Waals surface area contributed by atoms with Crippen molar-refractivity contribution in [1.29, 1.82) is 0 Å². The molecule has 1 aromatic heterocycles. The molecule has 0 saturated heterocycles. The van der Waals surface area contributed by atoms with Gasteiger partial charge in [-0.05, 0) is 62.1 Å². The van der Waals surface area contributed by atoms with Crippen LogP contribution in [0.4, 0.5) is 5.69 Å². The molecular weight excluding hydrogens is 514 g/mol. The predicted molar refractivity (Wildman–Crippen MR) is 157 cm³/mol. The minimum Gasteiger partial charge on any atom is -0.496 e. The van der Waals surface area contributed by atoms with E-state index in [9.17, 15) is 4.79 Å². The molecule has 1 fully saturated rings. The van der Waals surface area contributed by atoms with Gasteiger partial charge in [0.25, 0.3) is 5.91 Å². The highest BCUT2D eigenvalue weighted by Gasteiger charge is 2.32. The third-order valence-corrected chi connectivity index (χ3v) is 9.15. The molecule has 194 valence electrons. The normalized spacial score (nSPS) is 17.2. The average Bonchev–Trinajstić information content (AvgIpc) is 3.32. The highest BCUT2D eigenvalue weighted by Crippen LogP contribution is 2.38. The Bertz CT molecular complexity index is 1480. The summed E-state index contributed by atoms with van der Waals surface area (Å²) in [7, 11) is 3.67. The fraction of sp³-hybridized carbons (Fsp3) is 0.290. The van der Waals surface area contributed by atoms with E-state index in [0.717, 1.165) is 58.2 Å². The summed E-state index contributed by atoms with van der Waals surface area (Å²) in [6.45, 7) is 7.65. The summed E-state index contributed by atoms with van der Waals surface area (Å²) in [6.07, 6.45) is 3.91. The molecule has 0 atom stereocenters. The van der Waals surface area contributed by atoms with Crippen LogP contribution < -0.4 is 10.1 Å². The lowest BCUT2D eigenvalue weighted by Crippen LogP contribution is -2.44. The van der Waals surface area contributed by atoms with E-state index in [4.69, 9.17) is 22.9 Å². The molecule has 1 heterocycles. The number of ether oxygens (including phenoxy) is 1. The van der Waals surface area contributed by atoms with Crippen molar-refractivity contribution >= 4 is 44.6 Å². The molecule has 38 heavy (non-hydrogen) atoms. The first kappa shape index (κ1) is 26.2. The van der Waals surface area contributed by atoms with Crippen molar-refractivity contribution in [2.45, 2.75) is 44.3 Å². The second kappa shape index (κ2) is 11.6. The number of fused-ring (bicyclic) bond motifs is 1. The lowest BCUT2D eigenvalue weighted by atomic mass is 9.89. The Balaban J connectivity index is 1.52. The second-order valence-corrected chi connectivity index (χ2v) is 11.1. The summed E-state index contributed by atoms with van der Waals surface area (Å²) >= 11 is 8.24. The number of halogens is 1. The molecule has 1 saturated carbocycles. The van der Waals surface area contributed by atoms with E-state index < -0.39 is 0 Å². The second-order valence-electron chi connectivity index (χ2n) is 9.65. The first-order valence-electron chi connectivity index (χ1n) is 12.8. The molecular formula is C31H30ClN3O2S. The zero-order valence-corrected chi connectivity index (χ0v) is 23.1. The lowest BCUT2D eigenvalue weighted by Gasteiger charge is -2.37. The van der Waals surface area contributed by atoms with Crippen molar-refractivity contribution in [3.8, 4) is 16.9 Å². The van der Waals surface area contributed by atoms with E-state index in [1.54, 1.807) is 7.11 Å². The van der Waals surface area contributed by atoms with E-state index in [2.05, 4.69) is 16.2 Å². The van der Waals surface area contributed by atoms with Crippen molar-refractivity contribution in [1.82, 2.24) is 10.2 Å². The minimum atomic E-state index is -0.0297. The van der Waals surface area contributed by atoms with Gasteiger partial charge in [-0.2, -0.15) is 0 Å². The summed E-state index contributed by atoms with van der Waals surface area (Å²) < 4.78 is 6.76. The Morgan fingerprint density at radius 2 is 1.79 bits per heavy atom. The summed E-state index contributed by atoms with van der Waals surface area (Å²) in [4.78, 5) is 20.3. The molecule has 3 aromatic carbocycles. The predicted octanol–water partition coefficient (Wildman–Crippen LogP) is 7.95. The highest BCUT2D eigenvalue weighted by atomic mass is 35.5. The van der Waals surface area contributed by atoms with Gasteiger partial charge in [0.2, 0.25) is 0 Å². The van der Waals surface area contributed by atoms with Crippen LogP contribution in [0.15, 0.2) is 66.7 Å². The maximum Gasteiger partial charge on any atom is 0.266 e.